The molecule has 0 radical (unpaired) electrons. The average Bonchev–Trinajstić information content (AvgIpc) is 2.64. The van der Waals surface area contributed by atoms with Crippen molar-refractivity contribution in [1.82, 2.24) is 5.32 Å². The number of carboxylic acid groups (broad SMARTS) is 1. The number of carbonyl (C=O) groups is 1. The molecule has 3 nitrogen and oxygen atoms in total. The Balaban J connectivity index is 2.49. The van der Waals surface area contributed by atoms with Crippen LogP contribution in [0.1, 0.15) is 26.2 Å². The molecular formula is C11H18F3NO2S. The van der Waals surface area contributed by atoms with Gasteiger partial charge in [-0.3, -0.25) is 4.79 Å². The summed E-state index contributed by atoms with van der Waals surface area (Å²) in [5.41, 5.74) is 0. The van der Waals surface area contributed by atoms with E-state index in [1.165, 1.54) is 0 Å². The predicted molar refractivity (Wildman–Crippen MR) is 64.7 cm³/mol. The van der Waals surface area contributed by atoms with Gasteiger partial charge >= 0.3 is 12.1 Å². The second-order valence-electron chi connectivity index (χ2n) is 4.37. The van der Waals surface area contributed by atoms with Crippen molar-refractivity contribution in [3.05, 3.63) is 0 Å². The Hall–Kier alpha value is -0.430. The number of hydrogen-bond donors (Lipinski definition) is 2. The summed E-state index contributed by atoms with van der Waals surface area (Å²) in [4.78, 5) is 10.6. The number of rotatable bonds is 6. The lowest BCUT2D eigenvalue weighted by Crippen LogP contribution is -2.44. The van der Waals surface area contributed by atoms with Gasteiger partial charge in [0, 0.05) is 17.8 Å². The molecule has 2 N–H and O–H groups in total. The molecule has 3 atom stereocenters. The van der Waals surface area contributed by atoms with Crippen molar-refractivity contribution < 1.29 is 23.1 Å². The van der Waals surface area contributed by atoms with E-state index in [1.54, 1.807) is 11.8 Å². The number of alkyl halides is 3. The van der Waals surface area contributed by atoms with Gasteiger partial charge < -0.3 is 10.4 Å². The van der Waals surface area contributed by atoms with Gasteiger partial charge in [0.15, 0.2) is 5.92 Å². The van der Waals surface area contributed by atoms with E-state index in [-0.39, 0.29) is 6.04 Å². The smallest absolute Gasteiger partial charge is 0.403 e. The fourth-order valence-corrected chi connectivity index (χ4v) is 3.41. The first-order chi connectivity index (χ1) is 8.36. The lowest BCUT2D eigenvalue weighted by Gasteiger charge is -2.23. The van der Waals surface area contributed by atoms with Crippen LogP contribution in [0.3, 0.4) is 0 Å². The molecule has 0 heterocycles. The zero-order valence-corrected chi connectivity index (χ0v) is 11.0. The first kappa shape index (κ1) is 15.6. The highest BCUT2D eigenvalue weighted by atomic mass is 32.2. The van der Waals surface area contributed by atoms with Crippen LogP contribution in [0.15, 0.2) is 0 Å². The summed E-state index contributed by atoms with van der Waals surface area (Å²) in [6.45, 7) is 1.47. The predicted octanol–water partition coefficient (Wildman–Crippen LogP) is 2.51. The topological polar surface area (TPSA) is 49.3 Å². The van der Waals surface area contributed by atoms with Gasteiger partial charge in [-0.15, -0.1) is 0 Å². The van der Waals surface area contributed by atoms with Crippen LogP contribution in [-0.4, -0.2) is 40.8 Å². The minimum atomic E-state index is -4.69. The lowest BCUT2D eigenvalue weighted by molar-refractivity contribution is -0.192. The Labute approximate surface area is 109 Å². The largest absolute Gasteiger partial charge is 0.481 e. The summed E-state index contributed by atoms with van der Waals surface area (Å²) < 4.78 is 37.4. The van der Waals surface area contributed by atoms with E-state index in [2.05, 4.69) is 5.32 Å². The maximum absolute atomic E-state index is 12.5. The highest BCUT2D eigenvalue weighted by Gasteiger charge is 2.45. The summed E-state index contributed by atoms with van der Waals surface area (Å²) in [6.07, 6.45) is -1.90. The van der Waals surface area contributed by atoms with Crippen LogP contribution < -0.4 is 5.32 Å². The maximum atomic E-state index is 12.5. The van der Waals surface area contributed by atoms with Crippen LogP contribution in [0.4, 0.5) is 13.2 Å². The molecule has 0 aliphatic heterocycles. The first-order valence-corrected chi connectivity index (χ1v) is 7.05. The third kappa shape index (κ3) is 4.35. The lowest BCUT2D eigenvalue weighted by atomic mass is 10.1. The molecule has 1 aliphatic carbocycles. The van der Waals surface area contributed by atoms with E-state index in [1.807, 2.05) is 6.92 Å². The standard InChI is InChI=1S/C11H18F3NO2S/c1-2-18-9-5-3-4-8(9)15-6-7(10(16)17)11(12,13)14/h7-9,15H,2-6H2,1H3,(H,16,17). The van der Waals surface area contributed by atoms with Gasteiger partial charge in [-0.2, -0.15) is 24.9 Å². The fraction of sp³-hybridized carbons (Fsp3) is 0.909. The molecule has 1 fully saturated rings. The molecule has 0 bridgehead atoms. The van der Waals surface area contributed by atoms with E-state index in [9.17, 15) is 18.0 Å². The van der Waals surface area contributed by atoms with Crippen molar-refractivity contribution in [2.24, 2.45) is 5.92 Å². The van der Waals surface area contributed by atoms with Gasteiger partial charge in [-0.05, 0) is 18.6 Å². The minimum absolute atomic E-state index is 0.000787. The summed E-state index contributed by atoms with van der Waals surface area (Å²) in [7, 11) is 0. The second-order valence-corrected chi connectivity index (χ2v) is 5.89. The average molecular weight is 285 g/mol. The van der Waals surface area contributed by atoms with Gasteiger partial charge in [0.25, 0.3) is 0 Å². The summed E-state index contributed by atoms with van der Waals surface area (Å²) in [5, 5.41) is 11.7. The van der Waals surface area contributed by atoms with Crippen molar-refractivity contribution >= 4 is 17.7 Å². The molecule has 0 saturated heterocycles. The number of carboxylic acids is 1. The molecule has 0 amide bonds. The second kappa shape index (κ2) is 6.65. The molecule has 1 rings (SSSR count). The molecule has 18 heavy (non-hydrogen) atoms. The van der Waals surface area contributed by atoms with Crippen LogP contribution in [0.5, 0.6) is 0 Å². The van der Waals surface area contributed by atoms with Crippen LogP contribution in [0.2, 0.25) is 0 Å². The molecular weight excluding hydrogens is 267 g/mol. The number of aliphatic carboxylic acids is 1. The Morgan fingerprint density at radius 1 is 1.50 bits per heavy atom. The van der Waals surface area contributed by atoms with Crippen LogP contribution in [-0.2, 0) is 4.79 Å². The third-order valence-electron chi connectivity index (χ3n) is 3.11. The maximum Gasteiger partial charge on any atom is 0.403 e. The Morgan fingerprint density at radius 3 is 2.67 bits per heavy atom. The fourth-order valence-electron chi connectivity index (χ4n) is 2.19. The van der Waals surface area contributed by atoms with E-state index in [0.29, 0.717) is 5.25 Å². The number of halogens is 3. The summed E-state index contributed by atoms with van der Waals surface area (Å²) in [5.74, 6) is -3.21. The highest BCUT2D eigenvalue weighted by molar-refractivity contribution is 7.99. The number of nitrogens with one attached hydrogen (secondary N) is 1. The van der Waals surface area contributed by atoms with Crippen LogP contribution >= 0.6 is 11.8 Å². The molecule has 0 aromatic heterocycles. The van der Waals surface area contributed by atoms with Crippen molar-refractivity contribution in [3.63, 3.8) is 0 Å². The molecule has 106 valence electrons. The zero-order chi connectivity index (χ0) is 13.8. The van der Waals surface area contributed by atoms with Crippen molar-refractivity contribution in [2.75, 3.05) is 12.3 Å². The molecule has 0 aromatic rings. The quantitative estimate of drug-likeness (QED) is 0.787. The van der Waals surface area contributed by atoms with E-state index >= 15 is 0 Å². The molecule has 1 aliphatic rings. The van der Waals surface area contributed by atoms with Crippen LogP contribution in [0.25, 0.3) is 0 Å². The Morgan fingerprint density at radius 2 is 2.17 bits per heavy atom. The zero-order valence-electron chi connectivity index (χ0n) is 10.2. The normalized spacial score (nSPS) is 26.2. The van der Waals surface area contributed by atoms with Gasteiger partial charge in [-0.1, -0.05) is 13.3 Å². The van der Waals surface area contributed by atoms with E-state index < -0.39 is 24.6 Å². The van der Waals surface area contributed by atoms with Crippen molar-refractivity contribution in [3.8, 4) is 0 Å². The van der Waals surface area contributed by atoms with Crippen LogP contribution in [0, 0.1) is 5.92 Å². The highest BCUT2D eigenvalue weighted by Crippen LogP contribution is 2.31. The Kier molecular flexibility index (Phi) is 5.78. The Bertz CT molecular complexity index is 286. The molecule has 1 saturated carbocycles. The third-order valence-corrected chi connectivity index (χ3v) is 4.44. The summed E-state index contributed by atoms with van der Waals surface area (Å²) >= 11 is 1.72. The number of hydrogen-bond acceptors (Lipinski definition) is 3. The van der Waals surface area contributed by atoms with E-state index in [0.717, 1.165) is 25.0 Å². The van der Waals surface area contributed by atoms with Gasteiger partial charge in [-0.25, -0.2) is 0 Å². The minimum Gasteiger partial charge on any atom is -0.481 e. The van der Waals surface area contributed by atoms with Crippen molar-refractivity contribution in [1.29, 1.82) is 0 Å². The number of thioether (sulfide) groups is 1. The first-order valence-electron chi connectivity index (χ1n) is 6.00. The van der Waals surface area contributed by atoms with Gasteiger partial charge in [0.05, 0.1) is 0 Å². The SMILES string of the molecule is CCSC1CCCC1NCC(C(=O)O)C(F)(F)F. The van der Waals surface area contributed by atoms with Gasteiger partial charge in [0.1, 0.15) is 0 Å². The molecule has 0 aromatic carbocycles. The molecule has 3 unspecified atom stereocenters. The van der Waals surface area contributed by atoms with Gasteiger partial charge in [0.2, 0.25) is 0 Å². The molecule has 7 heteroatoms. The van der Waals surface area contributed by atoms with Crippen molar-refractivity contribution in [2.45, 2.75) is 43.7 Å². The monoisotopic (exact) mass is 285 g/mol. The van der Waals surface area contributed by atoms with E-state index in [4.69, 9.17) is 5.11 Å². The summed E-state index contributed by atoms with van der Waals surface area (Å²) in [6, 6.07) is -0.000787. The molecule has 0 spiro atoms.